The van der Waals surface area contributed by atoms with Gasteiger partial charge in [-0.3, -0.25) is 0 Å². The van der Waals surface area contributed by atoms with Crippen molar-refractivity contribution >= 4 is 0 Å². The van der Waals surface area contributed by atoms with Crippen LogP contribution in [0.3, 0.4) is 0 Å². The summed E-state index contributed by atoms with van der Waals surface area (Å²) in [5.74, 6) is 1.29. The largest absolute Gasteiger partial charge is 0.508 e. The summed E-state index contributed by atoms with van der Waals surface area (Å²) >= 11 is 0. The maximum Gasteiger partial charge on any atom is 0.119 e. The summed E-state index contributed by atoms with van der Waals surface area (Å²) in [5.41, 5.74) is 1.79. The molecule has 0 aliphatic carbocycles. The summed E-state index contributed by atoms with van der Waals surface area (Å²) in [6.07, 6.45) is 12.0. The fourth-order valence-corrected chi connectivity index (χ4v) is 3.46. The smallest absolute Gasteiger partial charge is 0.119 e. The van der Waals surface area contributed by atoms with E-state index in [0.29, 0.717) is 23.3 Å². The van der Waals surface area contributed by atoms with E-state index in [1.54, 1.807) is 12.1 Å². The molecule has 0 spiro atoms. The first-order chi connectivity index (χ1) is 11.5. The van der Waals surface area contributed by atoms with E-state index < -0.39 is 0 Å². The summed E-state index contributed by atoms with van der Waals surface area (Å²) in [5, 5.41) is 20.9. The highest BCUT2D eigenvalue weighted by atomic mass is 16.3. The van der Waals surface area contributed by atoms with Crippen LogP contribution < -0.4 is 0 Å². The number of unbranched alkanes of at least 4 members (excludes halogenated alkanes) is 6. The summed E-state index contributed by atoms with van der Waals surface area (Å²) in [6.45, 7) is 8.73. The highest BCUT2D eigenvalue weighted by molar-refractivity contribution is 5.47. The number of rotatable bonds is 12. The molecule has 1 aromatic rings. The SMILES string of the molecule is CCCCCCC(C)c1cc(O)c(C(C)CCCCCC)cc1O. The molecular weight excluding hydrogens is 296 g/mol. The number of aromatic hydroxyl groups is 2. The molecule has 0 saturated heterocycles. The van der Waals surface area contributed by atoms with Crippen LogP contribution in [0.5, 0.6) is 11.5 Å². The molecule has 0 heterocycles. The molecule has 0 aromatic heterocycles. The number of hydrogen-bond acceptors (Lipinski definition) is 2. The Morgan fingerprint density at radius 3 is 1.38 bits per heavy atom. The summed E-state index contributed by atoms with van der Waals surface area (Å²) in [6, 6.07) is 3.61. The number of hydrogen-bond donors (Lipinski definition) is 2. The Bertz CT molecular complexity index is 424. The Labute approximate surface area is 149 Å². The Balaban J connectivity index is 2.67. The third-order valence-corrected chi connectivity index (χ3v) is 5.22. The van der Waals surface area contributed by atoms with Crippen molar-refractivity contribution in [2.45, 2.75) is 104 Å². The molecule has 2 heteroatoms. The predicted molar refractivity (Wildman–Crippen MR) is 104 cm³/mol. The quantitative estimate of drug-likeness (QED) is 0.312. The topological polar surface area (TPSA) is 40.5 Å². The highest BCUT2D eigenvalue weighted by Gasteiger charge is 2.17. The molecule has 0 bridgehead atoms. The van der Waals surface area contributed by atoms with Crippen molar-refractivity contribution in [1.82, 2.24) is 0 Å². The third kappa shape index (κ3) is 6.75. The van der Waals surface area contributed by atoms with Crippen molar-refractivity contribution in [3.05, 3.63) is 23.3 Å². The highest BCUT2D eigenvalue weighted by Crippen LogP contribution is 2.38. The van der Waals surface area contributed by atoms with Crippen molar-refractivity contribution < 1.29 is 10.2 Å². The molecule has 138 valence electrons. The van der Waals surface area contributed by atoms with Crippen LogP contribution >= 0.6 is 0 Å². The lowest BCUT2D eigenvalue weighted by atomic mass is 9.88. The number of phenols is 2. The van der Waals surface area contributed by atoms with Crippen LogP contribution in [-0.2, 0) is 0 Å². The molecule has 0 aliphatic rings. The van der Waals surface area contributed by atoms with E-state index in [9.17, 15) is 10.2 Å². The standard InChI is InChI=1S/C22H38O2/c1-5-7-9-11-13-17(3)19-15-22(24)20(16-21(19)23)18(4)14-12-10-8-6-2/h15-18,23-24H,5-14H2,1-4H3. The maximum absolute atomic E-state index is 10.4. The van der Waals surface area contributed by atoms with Gasteiger partial charge in [0.2, 0.25) is 0 Å². The van der Waals surface area contributed by atoms with Gasteiger partial charge >= 0.3 is 0 Å². The molecule has 1 aromatic carbocycles. The Hall–Kier alpha value is -1.18. The maximum atomic E-state index is 10.4. The van der Waals surface area contributed by atoms with Gasteiger partial charge in [-0.05, 0) is 36.8 Å². The van der Waals surface area contributed by atoms with Crippen LogP contribution in [0.1, 0.15) is 115 Å². The van der Waals surface area contributed by atoms with Gasteiger partial charge in [-0.15, -0.1) is 0 Å². The Morgan fingerprint density at radius 2 is 1.04 bits per heavy atom. The predicted octanol–water partition coefficient (Wildman–Crippen LogP) is 7.25. The minimum atomic E-state index is 0.293. The first-order valence-corrected chi connectivity index (χ1v) is 10.1. The zero-order chi connectivity index (χ0) is 17.9. The van der Waals surface area contributed by atoms with Crippen LogP contribution in [0.15, 0.2) is 12.1 Å². The Kier molecular flexibility index (Phi) is 9.90. The lowest BCUT2D eigenvalue weighted by molar-refractivity contribution is 0.434. The van der Waals surface area contributed by atoms with Gasteiger partial charge in [0.05, 0.1) is 0 Å². The first kappa shape index (κ1) is 20.9. The fourth-order valence-electron chi connectivity index (χ4n) is 3.46. The van der Waals surface area contributed by atoms with Gasteiger partial charge < -0.3 is 10.2 Å². The molecule has 0 radical (unpaired) electrons. The van der Waals surface area contributed by atoms with Crippen molar-refractivity contribution in [2.24, 2.45) is 0 Å². The van der Waals surface area contributed by atoms with Gasteiger partial charge in [0, 0.05) is 11.1 Å². The molecule has 2 atom stereocenters. The molecule has 0 fully saturated rings. The average molecular weight is 335 g/mol. The Morgan fingerprint density at radius 1 is 0.667 bits per heavy atom. The molecule has 1 rings (SSSR count). The zero-order valence-corrected chi connectivity index (χ0v) is 16.3. The van der Waals surface area contributed by atoms with Gasteiger partial charge in [0.15, 0.2) is 0 Å². The number of benzene rings is 1. The van der Waals surface area contributed by atoms with E-state index in [1.165, 1.54) is 51.4 Å². The summed E-state index contributed by atoms with van der Waals surface area (Å²) in [7, 11) is 0. The minimum Gasteiger partial charge on any atom is -0.508 e. The van der Waals surface area contributed by atoms with Gasteiger partial charge in [0.1, 0.15) is 11.5 Å². The molecular formula is C22H38O2. The molecule has 2 N–H and O–H groups in total. The molecule has 0 saturated carbocycles. The van der Waals surface area contributed by atoms with Gasteiger partial charge in [-0.25, -0.2) is 0 Å². The molecule has 0 aliphatic heterocycles. The van der Waals surface area contributed by atoms with E-state index in [1.807, 2.05) is 0 Å². The average Bonchev–Trinajstić information content (AvgIpc) is 2.57. The van der Waals surface area contributed by atoms with Gasteiger partial charge in [0.25, 0.3) is 0 Å². The van der Waals surface area contributed by atoms with E-state index in [-0.39, 0.29) is 0 Å². The van der Waals surface area contributed by atoms with E-state index >= 15 is 0 Å². The second-order valence-corrected chi connectivity index (χ2v) is 7.47. The van der Waals surface area contributed by atoms with Crippen molar-refractivity contribution in [2.75, 3.05) is 0 Å². The van der Waals surface area contributed by atoms with Gasteiger partial charge in [-0.1, -0.05) is 79.1 Å². The van der Waals surface area contributed by atoms with E-state index in [4.69, 9.17) is 0 Å². The summed E-state index contributed by atoms with van der Waals surface area (Å²) in [4.78, 5) is 0. The van der Waals surface area contributed by atoms with Crippen LogP contribution in [0.2, 0.25) is 0 Å². The van der Waals surface area contributed by atoms with Gasteiger partial charge in [-0.2, -0.15) is 0 Å². The molecule has 24 heavy (non-hydrogen) atoms. The summed E-state index contributed by atoms with van der Waals surface area (Å²) < 4.78 is 0. The van der Waals surface area contributed by atoms with E-state index in [0.717, 1.165) is 24.0 Å². The number of phenolic OH excluding ortho intramolecular Hbond substituents is 2. The van der Waals surface area contributed by atoms with E-state index in [2.05, 4.69) is 27.7 Å². The third-order valence-electron chi connectivity index (χ3n) is 5.22. The first-order valence-electron chi connectivity index (χ1n) is 10.1. The molecule has 2 nitrogen and oxygen atoms in total. The van der Waals surface area contributed by atoms with Crippen molar-refractivity contribution in [1.29, 1.82) is 0 Å². The fraction of sp³-hybridized carbons (Fsp3) is 0.727. The molecule has 2 unspecified atom stereocenters. The van der Waals surface area contributed by atoms with Crippen LogP contribution in [-0.4, -0.2) is 10.2 Å². The molecule has 0 amide bonds. The minimum absolute atomic E-state index is 0.293. The normalized spacial score (nSPS) is 13.8. The lowest BCUT2D eigenvalue weighted by Crippen LogP contribution is -1.99. The van der Waals surface area contributed by atoms with Crippen LogP contribution in [0.25, 0.3) is 0 Å². The second kappa shape index (κ2) is 11.4. The second-order valence-electron chi connectivity index (χ2n) is 7.47. The van der Waals surface area contributed by atoms with Crippen molar-refractivity contribution in [3.63, 3.8) is 0 Å². The van der Waals surface area contributed by atoms with Crippen LogP contribution in [0.4, 0.5) is 0 Å². The lowest BCUT2D eigenvalue weighted by Gasteiger charge is -2.19. The van der Waals surface area contributed by atoms with Crippen molar-refractivity contribution in [3.8, 4) is 11.5 Å². The van der Waals surface area contributed by atoms with Crippen LogP contribution in [0, 0.1) is 0 Å². The monoisotopic (exact) mass is 334 g/mol. The zero-order valence-electron chi connectivity index (χ0n) is 16.3.